The zero-order valence-electron chi connectivity index (χ0n) is 14.8. The molecule has 1 unspecified atom stereocenters. The molecule has 4 aromatic carbocycles. The Labute approximate surface area is 158 Å². The molecule has 6 rings (SSSR count). The molecule has 0 amide bonds. The number of benzene rings is 4. The van der Waals surface area contributed by atoms with E-state index in [0.29, 0.717) is 0 Å². The summed E-state index contributed by atoms with van der Waals surface area (Å²) in [6.45, 7) is 0. The molecule has 0 saturated heterocycles. The van der Waals surface area contributed by atoms with Crippen LogP contribution in [0.5, 0.6) is 0 Å². The maximum absolute atomic E-state index is 6.27. The lowest BCUT2D eigenvalue weighted by Crippen LogP contribution is -2.15. The molecule has 0 aromatic heterocycles. The van der Waals surface area contributed by atoms with Gasteiger partial charge < -0.3 is 4.74 Å². The fourth-order valence-corrected chi connectivity index (χ4v) is 4.72. The van der Waals surface area contributed by atoms with Crippen LogP contribution in [0.15, 0.2) is 91.2 Å². The molecule has 1 heteroatoms. The summed E-state index contributed by atoms with van der Waals surface area (Å²) < 4.78 is 6.27. The molecule has 1 nitrogen and oxygen atoms in total. The summed E-state index contributed by atoms with van der Waals surface area (Å²) in [5.41, 5.74) is 7.91. The fourth-order valence-electron chi connectivity index (χ4n) is 4.72. The topological polar surface area (TPSA) is 9.23 Å². The van der Waals surface area contributed by atoms with Crippen LogP contribution in [0.3, 0.4) is 0 Å². The Balaban J connectivity index is 1.59. The molecule has 0 N–H and O–H groups in total. The first kappa shape index (κ1) is 14.8. The predicted molar refractivity (Wildman–Crippen MR) is 111 cm³/mol. The zero-order valence-corrected chi connectivity index (χ0v) is 14.8. The summed E-state index contributed by atoms with van der Waals surface area (Å²) in [7, 11) is 0. The average molecular weight is 346 g/mol. The van der Waals surface area contributed by atoms with Crippen molar-refractivity contribution in [1.29, 1.82) is 0 Å². The van der Waals surface area contributed by atoms with Gasteiger partial charge in [-0.25, -0.2) is 0 Å². The summed E-state index contributed by atoms with van der Waals surface area (Å²) >= 11 is 0. The van der Waals surface area contributed by atoms with Gasteiger partial charge in [-0.15, -0.1) is 0 Å². The molecule has 4 aromatic rings. The highest BCUT2D eigenvalue weighted by Gasteiger charge is 2.37. The zero-order chi connectivity index (χ0) is 17.8. The second-order valence-electron chi connectivity index (χ2n) is 7.34. The number of rotatable bonds is 1. The summed E-state index contributed by atoms with van der Waals surface area (Å²) in [6, 6.07) is 30.6. The lowest BCUT2D eigenvalue weighted by molar-refractivity contribution is 0.129. The first-order valence-electron chi connectivity index (χ1n) is 9.43. The number of fused-ring (bicyclic) bond motifs is 5. The normalized spacial score (nSPS) is 17.3. The van der Waals surface area contributed by atoms with E-state index in [-0.39, 0.29) is 12.0 Å². The molecule has 128 valence electrons. The van der Waals surface area contributed by atoms with Gasteiger partial charge in [0.05, 0.1) is 12.2 Å². The first-order valence-corrected chi connectivity index (χ1v) is 9.43. The van der Waals surface area contributed by atoms with Crippen LogP contribution < -0.4 is 0 Å². The molecular formula is C26H18O. The quantitative estimate of drug-likeness (QED) is 0.373. The van der Waals surface area contributed by atoms with E-state index in [9.17, 15) is 0 Å². The Bertz CT molecular complexity index is 1170. The SMILES string of the molecule is C1=Cc2cc3ccccc3cc2C(C2c3ccccc3-c3ccccc32)O1. The van der Waals surface area contributed by atoms with Gasteiger partial charge in [0.1, 0.15) is 6.10 Å². The van der Waals surface area contributed by atoms with Crippen LogP contribution in [-0.2, 0) is 4.74 Å². The second kappa shape index (κ2) is 5.59. The largest absolute Gasteiger partial charge is 0.492 e. The molecule has 2 aliphatic rings. The van der Waals surface area contributed by atoms with Gasteiger partial charge in [0, 0.05) is 5.56 Å². The van der Waals surface area contributed by atoms with Gasteiger partial charge in [-0.2, -0.15) is 0 Å². The van der Waals surface area contributed by atoms with E-state index in [4.69, 9.17) is 4.74 Å². The Morgan fingerprint density at radius 1 is 0.593 bits per heavy atom. The van der Waals surface area contributed by atoms with Crippen molar-refractivity contribution in [3.63, 3.8) is 0 Å². The van der Waals surface area contributed by atoms with E-state index in [1.165, 1.54) is 44.2 Å². The van der Waals surface area contributed by atoms with Crippen molar-refractivity contribution in [2.24, 2.45) is 0 Å². The molecule has 1 aliphatic heterocycles. The molecular weight excluding hydrogens is 328 g/mol. The first-order chi connectivity index (χ1) is 13.4. The van der Waals surface area contributed by atoms with Gasteiger partial charge in [-0.05, 0) is 56.8 Å². The van der Waals surface area contributed by atoms with Crippen LogP contribution in [0.1, 0.15) is 34.3 Å². The lowest BCUT2D eigenvalue weighted by atomic mass is 9.83. The van der Waals surface area contributed by atoms with Gasteiger partial charge in [0.2, 0.25) is 0 Å². The van der Waals surface area contributed by atoms with E-state index in [1.807, 2.05) is 6.26 Å². The van der Waals surface area contributed by atoms with Crippen LogP contribution in [0.25, 0.3) is 28.0 Å². The standard InChI is InChI=1S/C26H18O/c1-2-8-18-16-24-19(15-17(18)7-1)13-14-27-26(24)25-22-11-5-3-9-20(22)21-10-4-6-12-23(21)25/h1-16,25-26H. The van der Waals surface area contributed by atoms with Crippen LogP contribution in [0.2, 0.25) is 0 Å². The van der Waals surface area contributed by atoms with E-state index in [2.05, 4.69) is 91.0 Å². The fraction of sp³-hybridized carbons (Fsp3) is 0.0769. The highest BCUT2D eigenvalue weighted by Crippen LogP contribution is 2.52. The van der Waals surface area contributed by atoms with Crippen molar-refractivity contribution in [3.05, 3.63) is 113 Å². The predicted octanol–water partition coefficient (Wildman–Crippen LogP) is 6.69. The average Bonchev–Trinajstić information content (AvgIpc) is 3.06. The minimum absolute atomic E-state index is 0.0144. The highest BCUT2D eigenvalue weighted by molar-refractivity contribution is 5.87. The number of hydrogen-bond donors (Lipinski definition) is 0. The molecule has 0 spiro atoms. The number of ether oxygens (including phenoxy) is 1. The minimum atomic E-state index is -0.0144. The monoisotopic (exact) mass is 346 g/mol. The molecule has 0 fully saturated rings. The van der Waals surface area contributed by atoms with Gasteiger partial charge >= 0.3 is 0 Å². The Morgan fingerprint density at radius 2 is 1.19 bits per heavy atom. The summed E-state index contributed by atoms with van der Waals surface area (Å²) in [5, 5.41) is 2.54. The molecule has 1 aliphatic carbocycles. The van der Waals surface area contributed by atoms with Crippen molar-refractivity contribution in [2.75, 3.05) is 0 Å². The lowest BCUT2D eigenvalue weighted by Gasteiger charge is -2.29. The second-order valence-corrected chi connectivity index (χ2v) is 7.34. The third-order valence-electron chi connectivity index (χ3n) is 5.92. The third-order valence-corrected chi connectivity index (χ3v) is 5.92. The molecule has 27 heavy (non-hydrogen) atoms. The van der Waals surface area contributed by atoms with Crippen LogP contribution in [-0.4, -0.2) is 0 Å². The Kier molecular flexibility index (Phi) is 3.06. The maximum Gasteiger partial charge on any atom is 0.134 e. The van der Waals surface area contributed by atoms with Crippen molar-refractivity contribution in [1.82, 2.24) is 0 Å². The summed E-state index contributed by atoms with van der Waals surface area (Å²) in [6.07, 6.45) is 3.94. The van der Waals surface area contributed by atoms with Crippen LogP contribution >= 0.6 is 0 Å². The molecule has 0 saturated carbocycles. The molecule has 0 bridgehead atoms. The van der Waals surface area contributed by atoms with Crippen LogP contribution in [0.4, 0.5) is 0 Å². The molecule has 1 atom stereocenters. The summed E-state index contributed by atoms with van der Waals surface area (Å²) in [5.74, 6) is 0.210. The highest BCUT2D eigenvalue weighted by atomic mass is 16.5. The summed E-state index contributed by atoms with van der Waals surface area (Å²) in [4.78, 5) is 0. The smallest absolute Gasteiger partial charge is 0.134 e. The Morgan fingerprint density at radius 3 is 1.89 bits per heavy atom. The van der Waals surface area contributed by atoms with Gasteiger partial charge in [-0.1, -0.05) is 72.8 Å². The van der Waals surface area contributed by atoms with E-state index in [0.717, 1.165) is 0 Å². The minimum Gasteiger partial charge on any atom is -0.492 e. The maximum atomic E-state index is 6.27. The van der Waals surface area contributed by atoms with E-state index < -0.39 is 0 Å². The Hall–Kier alpha value is -3.32. The van der Waals surface area contributed by atoms with Crippen molar-refractivity contribution < 1.29 is 4.74 Å². The van der Waals surface area contributed by atoms with Gasteiger partial charge in [0.15, 0.2) is 0 Å². The van der Waals surface area contributed by atoms with Crippen molar-refractivity contribution in [2.45, 2.75) is 12.0 Å². The molecule has 0 radical (unpaired) electrons. The number of hydrogen-bond acceptors (Lipinski definition) is 1. The van der Waals surface area contributed by atoms with Gasteiger partial charge in [-0.3, -0.25) is 0 Å². The van der Waals surface area contributed by atoms with Crippen LogP contribution in [0, 0.1) is 0 Å². The third kappa shape index (κ3) is 2.12. The van der Waals surface area contributed by atoms with Gasteiger partial charge in [0.25, 0.3) is 0 Å². The molecule has 1 heterocycles. The van der Waals surface area contributed by atoms with E-state index >= 15 is 0 Å². The van der Waals surface area contributed by atoms with E-state index in [1.54, 1.807) is 0 Å². The van der Waals surface area contributed by atoms with Crippen molar-refractivity contribution in [3.8, 4) is 11.1 Å². The van der Waals surface area contributed by atoms with Crippen molar-refractivity contribution >= 4 is 16.8 Å².